The number of hydrogen-bond donors (Lipinski definition) is 1. The molecule has 1 N–H and O–H groups in total. The van der Waals surface area contributed by atoms with Gasteiger partial charge in [-0.2, -0.15) is 0 Å². The highest BCUT2D eigenvalue weighted by Gasteiger charge is 2.14. The molecule has 2 rings (SSSR count). The molecule has 0 bridgehead atoms. The minimum Gasteiger partial charge on any atom is -0.426 e. The summed E-state index contributed by atoms with van der Waals surface area (Å²) < 4.78 is 5.18. The van der Waals surface area contributed by atoms with E-state index in [1.807, 2.05) is 12.1 Å². The summed E-state index contributed by atoms with van der Waals surface area (Å²) in [5.74, 6) is -0.0678. The summed E-state index contributed by atoms with van der Waals surface area (Å²) in [6, 6.07) is 17.5. The summed E-state index contributed by atoms with van der Waals surface area (Å²) in [7, 11) is 0. The molecule has 1 unspecified atom stereocenters. The summed E-state index contributed by atoms with van der Waals surface area (Å²) in [5.41, 5.74) is 0.570. The van der Waals surface area contributed by atoms with E-state index in [1.54, 1.807) is 55.5 Å². The van der Waals surface area contributed by atoms with Crippen LogP contribution in [0, 0.1) is 0 Å². The van der Waals surface area contributed by atoms with Gasteiger partial charge in [-0.25, -0.2) is 0 Å². The van der Waals surface area contributed by atoms with E-state index in [9.17, 15) is 9.59 Å². The monoisotopic (exact) mass is 283 g/mol. The fourth-order valence-corrected chi connectivity index (χ4v) is 1.86. The Morgan fingerprint density at radius 2 is 1.57 bits per heavy atom. The molecule has 0 aliphatic heterocycles. The zero-order valence-electron chi connectivity index (χ0n) is 11.8. The predicted octanol–water partition coefficient (Wildman–Crippen LogP) is 2.80. The average molecular weight is 283 g/mol. The van der Waals surface area contributed by atoms with Gasteiger partial charge >= 0.3 is 5.97 Å². The van der Waals surface area contributed by atoms with Crippen LogP contribution in [-0.4, -0.2) is 17.9 Å². The molecule has 0 aromatic heterocycles. The lowest BCUT2D eigenvalue weighted by Gasteiger charge is -2.13. The van der Waals surface area contributed by atoms with Crippen LogP contribution in [0.5, 0.6) is 5.75 Å². The second-order valence-corrected chi connectivity index (χ2v) is 4.73. The fraction of sp³-hybridized carbons (Fsp3) is 0.176. The molecule has 2 aromatic rings. The molecule has 0 saturated carbocycles. The number of hydrogen-bond acceptors (Lipinski definition) is 3. The predicted molar refractivity (Wildman–Crippen MR) is 80.1 cm³/mol. The Hall–Kier alpha value is -2.62. The third kappa shape index (κ3) is 4.76. The molecule has 0 aliphatic carbocycles. The van der Waals surface area contributed by atoms with Gasteiger partial charge in [-0.05, 0) is 31.2 Å². The first-order valence-electron chi connectivity index (χ1n) is 6.77. The van der Waals surface area contributed by atoms with Gasteiger partial charge in [-0.1, -0.05) is 36.4 Å². The number of benzene rings is 2. The van der Waals surface area contributed by atoms with Gasteiger partial charge in [0.05, 0.1) is 6.42 Å². The zero-order valence-corrected chi connectivity index (χ0v) is 11.8. The van der Waals surface area contributed by atoms with Crippen LogP contribution in [-0.2, 0) is 4.79 Å². The minimum atomic E-state index is -0.373. The quantitative estimate of drug-likeness (QED) is 0.678. The van der Waals surface area contributed by atoms with Crippen LogP contribution < -0.4 is 10.1 Å². The second kappa shape index (κ2) is 7.24. The van der Waals surface area contributed by atoms with Crippen molar-refractivity contribution in [3.63, 3.8) is 0 Å². The highest BCUT2D eigenvalue weighted by Crippen LogP contribution is 2.10. The van der Waals surface area contributed by atoms with Crippen molar-refractivity contribution in [2.75, 3.05) is 0 Å². The van der Waals surface area contributed by atoms with Gasteiger partial charge in [0.15, 0.2) is 0 Å². The molecule has 0 saturated heterocycles. The largest absolute Gasteiger partial charge is 0.426 e. The summed E-state index contributed by atoms with van der Waals surface area (Å²) in [6.07, 6.45) is 0.119. The van der Waals surface area contributed by atoms with Crippen molar-refractivity contribution >= 4 is 11.9 Å². The van der Waals surface area contributed by atoms with Crippen molar-refractivity contribution < 1.29 is 14.3 Å². The number of carbonyl (C=O) groups excluding carboxylic acids is 2. The highest BCUT2D eigenvalue weighted by molar-refractivity contribution is 5.94. The maximum absolute atomic E-state index is 11.9. The Bertz CT molecular complexity index is 596. The van der Waals surface area contributed by atoms with E-state index < -0.39 is 0 Å². The van der Waals surface area contributed by atoms with Gasteiger partial charge in [-0.15, -0.1) is 0 Å². The van der Waals surface area contributed by atoms with E-state index >= 15 is 0 Å². The summed E-state index contributed by atoms with van der Waals surface area (Å²) in [5, 5.41) is 2.77. The van der Waals surface area contributed by atoms with Gasteiger partial charge < -0.3 is 10.1 Å². The first-order chi connectivity index (χ1) is 10.1. The number of carbonyl (C=O) groups is 2. The summed E-state index contributed by atoms with van der Waals surface area (Å²) >= 11 is 0. The first kappa shape index (κ1) is 14.8. The van der Waals surface area contributed by atoms with Crippen molar-refractivity contribution in [2.45, 2.75) is 19.4 Å². The lowest BCUT2D eigenvalue weighted by atomic mass is 10.2. The van der Waals surface area contributed by atoms with Crippen molar-refractivity contribution in [2.24, 2.45) is 0 Å². The van der Waals surface area contributed by atoms with E-state index in [2.05, 4.69) is 5.32 Å². The lowest BCUT2D eigenvalue weighted by molar-refractivity contribution is -0.134. The molecule has 4 nitrogen and oxygen atoms in total. The van der Waals surface area contributed by atoms with Crippen LogP contribution in [0.1, 0.15) is 23.7 Å². The molecule has 0 aliphatic rings. The SMILES string of the molecule is CC(CC(=O)Oc1ccccc1)NC(=O)c1ccccc1. The van der Waals surface area contributed by atoms with Crippen LogP contribution in [0.4, 0.5) is 0 Å². The number of para-hydroxylation sites is 1. The van der Waals surface area contributed by atoms with Gasteiger partial charge in [0.1, 0.15) is 5.75 Å². The second-order valence-electron chi connectivity index (χ2n) is 4.73. The topological polar surface area (TPSA) is 55.4 Å². The molecule has 0 spiro atoms. The van der Waals surface area contributed by atoms with Crippen molar-refractivity contribution in [1.82, 2.24) is 5.32 Å². The summed E-state index contributed by atoms with van der Waals surface area (Å²) in [4.78, 5) is 23.7. The van der Waals surface area contributed by atoms with Crippen LogP contribution in [0.15, 0.2) is 60.7 Å². The van der Waals surface area contributed by atoms with Gasteiger partial charge in [0.25, 0.3) is 5.91 Å². The Labute approximate surface area is 123 Å². The smallest absolute Gasteiger partial charge is 0.313 e. The molecular formula is C17H17NO3. The third-order valence-electron chi connectivity index (χ3n) is 2.86. The maximum Gasteiger partial charge on any atom is 0.313 e. The highest BCUT2D eigenvalue weighted by atomic mass is 16.5. The summed E-state index contributed by atoms with van der Waals surface area (Å²) in [6.45, 7) is 1.77. The molecule has 0 fully saturated rings. The van der Waals surface area contributed by atoms with E-state index in [1.165, 1.54) is 0 Å². The van der Waals surface area contributed by atoms with Crippen LogP contribution in [0.2, 0.25) is 0 Å². The number of esters is 1. The van der Waals surface area contributed by atoms with Crippen LogP contribution >= 0.6 is 0 Å². The van der Waals surface area contributed by atoms with Crippen molar-refractivity contribution in [1.29, 1.82) is 0 Å². The van der Waals surface area contributed by atoms with Crippen molar-refractivity contribution in [3.05, 3.63) is 66.2 Å². The minimum absolute atomic E-state index is 0.119. The standard InChI is InChI=1S/C17H17NO3/c1-13(18-17(20)14-8-4-2-5-9-14)12-16(19)21-15-10-6-3-7-11-15/h2-11,13H,12H2,1H3,(H,18,20). The van der Waals surface area contributed by atoms with E-state index in [0.717, 1.165) is 0 Å². The Morgan fingerprint density at radius 1 is 1.00 bits per heavy atom. The number of amides is 1. The maximum atomic E-state index is 11.9. The third-order valence-corrected chi connectivity index (χ3v) is 2.86. The first-order valence-corrected chi connectivity index (χ1v) is 6.77. The van der Waals surface area contributed by atoms with Crippen LogP contribution in [0.3, 0.4) is 0 Å². The Morgan fingerprint density at radius 3 is 2.19 bits per heavy atom. The lowest BCUT2D eigenvalue weighted by Crippen LogP contribution is -2.35. The normalized spacial score (nSPS) is 11.5. The number of ether oxygens (including phenoxy) is 1. The van der Waals surface area contributed by atoms with E-state index in [-0.39, 0.29) is 24.3 Å². The van der Waals surface area contributed by atoms with Gasteiger partial charge in [-0.3, -0.25) is 9.59 Å². The Kier molecular flexibility index (Phi) is 5.10. The van der Waals surface area contributed by atoms with E-state index in [0.29, 0.717) is 11.3 Å². The molecule has 0 heterocycles. The van der Waals surface area contributed by atoms with Crippen molar-refractivity contribution in [3.8, 4) is 5.75 Å². The molecule has 1 atom stereocenters. The zero-order chi connectivity index (χ0) is 15.1. The van der Waals surface area contributed by atoms with Crippen LogP contribution in [0.25, 0.3) is 0 Å². The van der Waals surface area contributed by atoms with Gasteiger partial charge in [0.2, 0.25) is 0 Å². The molecule has 108 valence electrons. The number of nitrogens with one attached hydrogen (secondary N) is 1. The molecule has 0 radical (unpaired) electrons. The van der Waals surface area contributed by atoms with E-state index in [4.69, 9.17) is 4.74 Å². The number of rotatable bonds is 5. The molecule has 4 heteroatoms. The average Bonchev–Trinajstić information content (AvgIpc) is 2.48. The molecular weight excluding hydrogens is 266 g/mol. The molecule has 1 amide bonds. The molecule has 2 aromatic carbocycles. The Balaban J connectivity index is 1.83. The van der Waals surface area contributed by atoms with Gasteiger partial charge in [0, 0.05) is 11.6 Å². The molecule has 21 heavy (non-hydrogen) atoms. The fourth-order valence-electron chi connectivity index (χ4n) is 1.86.